The number of guanidine groups is 1. The molecular weight excluding hydrogens is 236 g/mol. The molecule has 19 heavy (non-hydrogen) atoms. The van der Waals surface area contributed by atoms with Gasteiger partial charge in [0.15, 0.2) is 5.96 Å². The molecule has 0 saturated heterocycles. The zero-order valence-electron chi connectivity index (χ0n) is 11.2. The highest BCUT2D eigenvalue weighted by atomic mass is 15.1. The third-order valence-corrected chi connectivity index (χ3v) is 3.52. The maximum absolute atomic E-state index is 5.82. The summed E-state index contributed by atoms with van der Waals surface area (Å²) in [4.78, 5) is 7.69. The molecule has 0 spiro atoms. The molecule has 4 N–H and O–H groups in total. The molecule has 4 heteroatoms. The molecule has 0 atom stereocenters. The molecule has 4 nitrogen and oxygen atoms in total. The predicted molar refractivity (Wildman–Crippen MR) is 79.4 cm³/mol. The lowest BCUT2D eigenvalue weighted by atomic mass is 10.1. The normalized spacial score (nSPS) is 15.9. The Hall–Kier alpha value is -1.97. The van der Waals surface area contributed by atoms with E-state index in [1.165, 1.54) is 34.9 Å². The van der Waals surface area contributed by atoms with E-state index >= 15 is 0 Å². The van der Waals surface area contributed by atoms with Gasteiger partial charge in [0.2, 0.25) is 0 Å². The van der Waals surface area contributed by atoms with E-state index in [0.717, 1.165) is 13.0 Å². The molecular formula is C15H20N4. The number of aliphatic imine (C=N–C) groups is 1. The number of nitrogens with zero attached hydrogens (tertiary/aromatic N) is 1. The Morgan fingerprint density at radius 3 is 3.11 bits per heavy atom. The summed E-state index contributed by atoms with van der Waals surface area (Å²) in [5.41, 5.74) is 9.59. The van der Waals surface area contributed by atoms with E-state index in [1.807, 2.05) is 0 Å². The number of nitrogens with one attached hydrogen (secondary N) is 2. The maximum atomic E-state index is 5.82. The fraction of sp³-hybridized carbons (Fsp3) is 0.400. The highest BCUT2D eigenvalue weighted by molar-refractivity contribution is 5.84. The molecule has 0 radical (unpaired) electrons. The van der Waals surface area contributed by atoms with Crippen molar-refractivity contribution in [2.75, 3.05) is 6.54 Å². The van der Waals surface area contributed by atoms with Crippen LogP contribution >= 0.6 is 0 Å². The number of nitrogens with two attached hydrogens (primary N) is 1. The molecule has 1 aromatic carbocycles. The van der Waals surface area contributed by atoms with Gasteiger partial charge in [-0.05, 0) is 43.4 Å². The minimum atomic E-state index is 0.569. The molecule has 0 bridgehead atoms. The highest BCUT2D eigenvalue weighted by Gasteiger charge is 2.21. The lowest BCUT2D eigenvalue weighted by Crippen LogP contribution is -2.33. The number of aryl methyl sites for hydroxylation is 1. The second-order valence-electron chi connectivity index (χ2n) is 5.30. The number of hydrogen-bond donors (Lipinski definition) is 3. The average Bonchev–Trinajstić information content (AvgIpc) is 3.10. The molecule has 1 saturated carbocycles. The number of benzene rings is 1. The van der Waals surface area contributed by atoms with Gasteiger partial charge in [0.05, 0.1) is 0 Å². The fourth-order valence-corrected chi connectivity index (χ4v) is 2.29. The first-order valence-electron chi connectivity index (χ1n) is 6.85. The molecule has 0 aliphatic heterocycles. The van der Waals surface area contributed by atoms with Crippen molar-refractivity contribution in [1.82, 2.24) is 10.3 Å². The zero-order chi connectivity index (χ0) is 13.2. The first-order valence-corrected chi connectivity index (χ1v) is 6.85. The second-order valence-corrected chi connectivity index (χ2v) is 5.30. The average molecular weight is 256 g/mol. The van der Waals surface area contributed by atoms with Crippen molar-refractivity contribution < 1.29 is 0 Å². The molecule has 3 rings (SSSR count). The van der Waals surface area contributed by atoms with Crippen LogP contribution in [0.25, 0.3) is 10.9 Å². The summed E-state index contributed by atoms with van der Waals surface area (Å²) in [6.45, 7) is 2.83. The molecule has 0 unspecified atom stereocenters. The van der Waals surface area contributed by atoms with Crippen molar-refractivity contribution in [2.24, 2.45) is 10.7 Å². The summed E-state index contributed by atoms with van der Waals surface area (Å²) in [5, 5.41) is 4.49. The van der Waals surface area contributed by atoms with Crippen LogP contribution in [-0.2, 0) is 6.42 Å². The van der Waals surface area contributed by atoms with Crippen LogP contribution in [0.5, 0.6) is 0 Å². The fourth-order valence-electron chi connectivity index (χ4n) is 2.29. The molecule has 1 aromatic heterocycles. The SMILES string of the molecule is Cc1ccc2c(CCN=C(N)NC3CC3)c[nH]c2c1. The summed E-state index contributed by atoms with van der Waals surface area (Å²) in [7, 11) is 0. The van der Waals surface area contributed by atoms with Gasteiger partial charge in [0.1, 0.15) is 0 Å². The van der Waals surface area contributed by atoms with Crippen LogP contribution in [-0.4, -0.2) is 23.5 Å². The Labute approximate surface area is 113 Å². The minimum Gasteiger partial charge on any atom is -0.370 e. The summed E-state index contributed by atoms with van der Waals surface area (Å²) < 4.78 is 0. The van der Waals surface area contributed by atoms with Crippen LogP contribution in [0.1, 0.15) is 24.0 Å². The zero-order valence-corrected chi connectivity index (χ0v) is 11.2. The van der Waals surface area contributed by atoms with Crippen LogP contribution in [0.2, 0.25) is 0 Å². The summed E-state index contributed by atoms with van der Waals surface area (Å²) in [6.07, 6.45) is 5.43. The molecule has 0 amide bonds. The van der Waals surface area contributed by atoms with Gasteiger partial charge in [-0.1, -0.05) is 12.1 Å². The lowest BCUT2D eigenvalue weighted by molar-refractivity contribution is 0.871. The van der Waals surface area contributed by atoms with Gasteiger partial charge in [0, 0.05) is 29.7 Å². The Morgan fingerprint density at radius 1 is 1.47 bits per heavy atom. The number of rotatable bonds is 4. The van der Waals surface area contributed by atoms with Gasteiger partial charge in [-0.3, -0.25) is 4.99 Å². The van der Waals surface area contributed by atoms with Crippen LogP contribution in [0.15, 0.2) is 29.4 Å². The van der Waals surface area contributed by atoms with Crippen molar-refractivity contribution >= 4 is 16.9 Å². The maximum Gasteiger partial charge on any atom is 0.188 e. The number of aromatic nitrogens is 1. The number of H-pyrrole nitrogens is 1. The summed E-state index contributed by atoms with van der Waals surface area (Å²) >= 11 is 0. The van der Waals surface area contributed by atoms with Crippen molar-refractivity contribution in [2.45, 2.75) is 32.2 Å². The van der Waals surface area contributed by atoms with Crippen molar-refractivity contribution in [3.63, 3.8) is 0 Å². The van der Waals surface area contributed by atoms with Crippen LogP contribution < -0.4 is 11.1 Å². The Bertz CT molecular complexity index is 608. The van der Waals surface area contributed by atoms with Gasteiger partial charge < -0.3 is 16.0 Å². The van der Waals surface area contributed by atoms with E-state index in [0.29, 0.717) is 12.0 Å². The van der Waals surface area contributed by atoms with Gasteiger partial charge >= 0.3 is 0 Å². The summed E-state index contributed by atoms with van der Waals surface area (Å²) in [5.74, 6) is 0.582. The van der Waals surface area contributed by atoms with Crippen LogP contribution in [0.4, 0.5) is 0 Å². The number of fused-ring (bicyclic) bond motifs is 1. The number of hydrogen-bond acceptors (Lipinski definition) is 1. The molecule has 1 aliphatic carbocycles. The Balaban J connectivity index is 1.64. The van der Waals surface area contributed by atoms with Crippen LogP contribution in [0.3, 0.4) is 0 Å². The van der Waals surface area contributed by atoms with E-state index in [1.54, 1.807) is 0 Å². The van der Waals surface area contributed by atoms with Gasteiger partial charge in [-0.25, -0.2) is 0 Å². The predicted octanol–water partition coefficient (Wildman–Crippen LogP) is 2.09. The van der Waals surface area contributed by atoms with E-state index in [2.05, 4.69) is 46.6 Å². The number of aromatic amines is 1. The first kappa shape index (κ1) is 12.1. The van der Waals surface area contributed by atoms with Crippen molar-refractivity contribution in [3.05, 3.63) is 35.5 Å². The monoisotopic (exact) mass is 256 g/mol. The molecule has 2 aromatic rings. The molecule has 1 heterocycles. The van der Waals surface area contributed by atoms with Crippen LogP contribution in [0, 0.1) is 6.92 Å². The molecule has 100 valence electrons. The van der Waals surface area contributed by atoms with Crippen molar-refractivity contribution in [1.29, 1.82) is 0 Å². The third kappa shape index (κ3) is 2.89. The third-order valence-electron chi connectivity index (χ3n) is 3.52. The first-order chi connectivity index (χ1) is 9.22. The van der Waals surface area contributed by atoms with Gasteiger partial charge in [0.25, 0.3) is 0 Å². The lowest BCUT2D eigenvalue weighted by Gasteiger charge is -2.02. The standard InChI is InChI=1S/C15H20N4/c1-10-2-5-13-11(9-18-14(13)8-10)6-7-17-15(16)19-12-3-4-12/h2,5,8-9,12,18H,3-4,6-7H2,1H3,(H3,16,17,19). The second kappa shape index (κ2) is 4.96. The molecule has 1 aliphatic rings. The largest absolute Gasteiger partial charge is 0.370 e. The smallest absolute Gasteiger partial charge is 0.188 e. The van der Waals surface area contributed by atoms with E-state index in [4.69, 9.17) is 5.73 Å². The van der Waals surface area contributed by atoms with Gasteiger partial charge in [-0.2, -0.15) is 0 Å². The Morgan fingerprint density at radius 2 is 2.32 bits per heavy atom. The highest BCUT2D eigenvalue weighted by Crippen LogP contribution is 2.20. The van der Waals surface area contributed by atoms with E-state index < -0.39 is 0 Å². The van der Waals surface area contributed by atoms with E-state index in [9.17, 15) is 0 Å². The Kier molecular flexibility index (Phi) is 3.15. The molecule has 1 fully saturated rings. The van der Waals surface area contributed by atoms with Crippen molar-refractivity contribution in [3.8, 4) is 0 Å². The van der Waals surface area contributed by atoms with E-state index in [-0.39, 0.29) is 0 Å². The quantitative estimate of drug-likeness (QED) is 0.579. The van der Waals surface area contributed by atoms with Gasteiger partial charge in [-0.15, -0.1) is 0 Å². The topological polar surface area (TPSA) is 66.2 Å². The summed E-state index contributed by atoms with van der Waals surface area (Å²) in [6, 6.07) is 7.06. The minimum absolute atomic E-state index is 0.569.